The van der Waals surface area contributed by atoms with Crippen molar-refractivity contribution in [1.29, 1.82) is 0 Å². The van der Waals surface area contributed by atoms with Crippen molar-refractivity contribution in [2.24, 2.45) is 0 Å². The van der Waals surface area contributed by atoms with Gasteiger partial charge in [-0.25, -0.2) is 18.6 Å². The number of halogens is 2. The fourth-order valence-corrected chi connectivity index (χ4v) is 1.03. The average molecular weight is 248 g/mol. The van der Waals surface area contributed by atoms with Gasteiger partial charge in [-0.15, -0.1) is 0 Å². The van der Waals surface area contributed by atoms with E-state index in [1.165, 1.54) is 0 Å². The van der Waals surface area contributed by atoms with E-state index in [4.69, 9.17) is 0 Å². The van der Waals surface area contributed by atoms with Crippen LogP contribution in [-0.2, 0) is 4.74 Å². The number of carbonyl (C=O) groups is 1. The number of hydrogen-bond donors (Lipinski definition) is 1. The van der Waals surface area contributed by atoms with Gasteiger partial charge in [0.05, 0.1) is 12.0 Å². The Bertz CT molecular complexity index is 477. The number of hydrogen-bond acceptors (Lipinski definition) is 6. The number of esters is 1. The SMILES string of the molecule is COC(=O)c1nc(C(F)F)cc([N+](=O)[O-])c1O. The number of aromatic hydroxyl groups is 1. The van der Waals surface area contributed by atoms with Crippen LogP contribution in [0.1, 0.15) is 22.6 Å². The molecule has 1 N–H and O–H groups in total. The van der Waals surface area contributed by atoms with Gasteiger partial charge in [0.1, 0.15) is 5.69 Å². The Labute approximate surface area is 92.8 Å². The first-order valence-electron chi connectivity index (χ1n) is 4.13. The van der Waals surface area contributed by atoms with Crippen LogP contribution in [0.5, 0.6) is 5.75 Å². The summed E-state index contributed by atoms with van der Waals surface area (Å²) in [7, 11) is 0.921. The number of carbonyl (C=O) groups excluding carboxylic acids is 1. The standard InChI is InChI=1S/C8H6F2N2O5/c1-17-8(14)5-6(13)4(12(15)16)2-3(11-5)7(9)10/h2,7,13H,1H3. The third-order valence-corrected chi connectivity index (χ3v) is 1.79. The molecule has 92 valence electrons. The highest BCUT2D eigenvalue weighted by Crippen LogP contribution is 2.32. The van der Waals surface area contributed by atoms with Crippen molar-refractivity contribution >= 4 is 11.7 Å². The number of nitrogens with zero attached hydrogens (tertiary/aromatic N) is 2. The van der Waals surface area contributed by atoms with Gasteiger partial charge in [0.15, 0.2) is 5.69 Å². The maximum absolute atomic E-state index is 12.4. The third-order valence-electron chi connectivity index (χ3n) is 1.79. The summed E-state index contributed by atoms with van der Waals surface area (Å²) in [5.74, 6) is -2.35. The van der Waals surface area contributed by atoms with Crippen molar-refractivity contribution in [1.82, 2.24) is 4.98 Å². The fraction of sp³-hybridized carbons (Fsp3) is 0.250. The Morgan fingerprint density at radius 1 is 1.65 bits per heavy atom. The zero-order valence-electron chi connectivity index (χ0n) is 8.39. The molecular formula is C8H6F2N2O5. The molecule has 0 aliphatic rings. The molecular weight excluding hydrogens is 242 g/mol. The molecule has 7 nitrogen and oxygen atoms in total. The van der Waals surface area contributed by atoms with Crippen LogP contribution in [0.15, 0.2) is 6.07 Å². The molecule has 9 heteroatoms. The molecule has 1 aromatic rings. The second-order valence-corrected chi connectivity index (χ2v) is 2.81. The molecule has 0 radical (unpaired) electrons. The Kier molecular flexibility index (Phi) is 3.51. The van der Waals surface area contributed by atoms with E-state index in [0.717, 1.165) is 7.11 Å². The number of alkyl halides is 2. The summed E-state index contributed by atoms with van der Waals surface area (Å²) in [6.45, 7) is 0. The average Bonchev–Trinajstić information content (AvgIpc) is 2.27. The summed E-state index contributed by atoms with van der Waals surface area (Å²) in [6, 6.07) is 0.395. The number of nitro groups is 1. The van der Waals surface area contributed by atoms with E-state index in [-0.39, 0.29) is 0 Å². The molecule has 0 saturated carbocycles. The van der Waals surface area contributed by atoms with Crippen LogP contribution in [0.2, 0.25) is 0 Å². The first-order chi connectivity index (χ1) is 7.88. The minimum atomic E-state index is -3.11. The highest BCUT2D eigenvalue weighted by molar-refractivity contribution is 5.91. The second-order valence-electron chi connectivity index (χ2n) is 2.81. The lowest BCUT2D eigenvalue weighted by molar-refractivity contribution is -0.386. The quantitative estimate of drug-likeness (QED) is 0.493. The summed E-state index contributed by atoms with van der Waals surface area (Å²) in [5.41, 5.74) is -2.94. The number of pyridine rings is 1. The minimum absolute atomic E-state index is 0.395. The number of ether oxygens (including phenoxy) is 1. The van der Waals surface area contributed by atoms with Crippen LogP contribution in [0.25, 0.3) is 0 Å². The van der Waals surface area contributed by atoms with E-state index in [1.807, 2.05) is 0 Å². The van der Waals surface area contributed by atoms with Gasteiger partial charge in [-0.3, -0.25) is 10.1 Å². The molecule has 0 unspecified atom stereocenters. The van der Waals surface area contributed by atoms with E-state index in [0.29, 0.717) is 6.07 Å². The third kappa shape index (κ3) is 2.44. The second kappa shape index (κ2) is 4.68. The van der Waals surface area contributed by atoms with Gasteiger partial charge in [-0.2, -0.15) is 0 Å². The lowest BCUT2D eigenvalue weighted by Crippen LogP contribution is -2.08. The van der Waals surface area contributed by atoms with Crippen molar-refractivity contribution in [2.75, 3.05) is 7.11 Å². The van der Waals surface area contributed by atoms with Crippen LogP contribution in [0, 0.1) is 10.1 Å². The highest BCUT2D eigenvalue weighted by atomic mass is 19.3. The van der Waals surface area contributed by atoms with Gasteiger partial charge in [0.2, 0.25) is 5.75 Å². The van der Waals surface area contributed by atoms with E-state index in [2.05, 4.69) is 9.72 Å². The molecule has 0 saturated heterocycles. The van der Waals surface area contributed by atoms with Crippen LogP contribution >= 0.6 is 0 Å². The monoisotopic (exact) mass is 248 g/mol. The normalized spacial score (nSPS) is 10.4. The lowest BCUT2D eigenvalue weighted by Gasteiger charge is -2.05. The van der Waals surface area contributed by atoms with E-state index in [1.54, 1.807) is 0 Å². The Balaban J connectivity index is 3.48. The molecule has 0 aromatic carbocycles. The van der Waals surface area contributed by atoms with Crippen molar-refractivity contribution in [3.63, 3.8) is 0 Å². The molecule has 1 heterocycles. The van der Waals surface area contributed by atoms with Crippen molar-refractivity contribution in [3.8, 4) is 5.75 Å². The highest BCUT2D eigenvalue weighted by Gasteiger charge is 2.27. The Morgan fingerprint density at radius 2 is 2.24 bits per heavy atom. The zero-order valence-corrected chi connectivity index (χ0v) is 8.39. The first kappa shape index (κ1) is 12.7. The molecule has 0 fully saturated rings. The predicted octanol–water partition coefficient (Wildman–Crippen LogP) is 1.42. The Morgan fingerprint density at radius 3 is 2.65 bits per heavy atom. The Hall–Kier alpha value is -2.32. The van der Waals surface area contributed by atoms with Crippen molar-refractivity contribution < 1.29 is 28.3 Å². The van der Waals surface area contributed by atoms with Crippen LogP contribution in [-0.4, -0.2) is 28.1 Å². The molecule has 0 bridgehead atoms. The van der Waals surface area contributed by atoms with Gasteiger partial charge >= 0.3 is 11.7 Å². The summed E-state index contributed by atoms with van der Waals surface area (Å²) in [4.78, 5) is 23.6. The van der Waals surface area contributed by atoms with Gasteiger partial charge < -0.3 is 9.84 Å². The topological polar surface area (TPSA) is 103 Å². The number of rotatable bonds is 3. The van der Waals surface area contributed by atoms with Crippen LogP contribution in [0.4, 0.5) is 14.5 Å². The summed E-state index contributed by atoms with van der Waals surface area (Å²) in [5, 5.41) is 19.8. The zero-order chi connectivity index (χ0) is 13.2. The van der Waals surface area contributed by atoms with E-state index >= 15 is 0 Å². The summed E-state index contributed by atoms with van der Waals surface area (Å²) in [6.07, 6.45) is -3.11. The maximum atomic E-state index is 12.4. The smallest absolute Gasteiger partial charge is 0.360 e. The molecule has 0 spiro atoms. The van der Waals surface area contributed by atoms with Gasteiger partial charge in [-0.05, 0) is 0 Å². The van der Waals surface area contributed by atoms with E-state index in [9.17, 15) is 28.8 Å². The minimum Gasteiger partial charge on any atom is -0.500 e. The summed E-state index contributed by atoms with van der Waals surface area (Å²) < 4.78 is 28.9. The van der Waals surface area contributed by atoms with Gasteiger partial charge in [0.25, 0.3) is 6.43 Å². The maximum Gasteiger partial charge on any atom is 0.360 e. The molecule has 0 aliphatic heterocycles. The van der Waals surface area contributed by atoms with Crippen molar-refractivity contribution in [2.45, 2.75) is 6.43 Å². The predicted molar refractivity (Wildman–Crippen MR) is 48.9 cm³/mol. The molecule has 1 rings (SSSR count). The first-order valence-corrected chi connectivity index (χ1v) is 4.13. The lowest BCUT2D eigenvalue weighted by atomic mass is 10.2. The molecule has 17 heavy (non-hydrogen) atoms. The molecule has 0 amide bonds. The van der Waals surface area contributed by atoms with Crippen molar-refractivity contribution in [3.05, 3.63) is 27.6 Å². The summed E-state index contributed by atoms with van der Waals surface area (Å²) >= 11 is 0. The van der Waals surface area contributed by atoms with Crippen LogP contribution < -0.4 is 0 Å². The van der Waals surface area contributed by atoms with Gasteiger partial charge in [-0.1, -0.05) is 0 Å². The fourth-order valence-electron chi connectivity index (χ4n) is 1.03. The number of methoxy groups -OCH3 is 1. The molecule has 0 aliphatic carbocycles. The van der Waals surface area contributed by atoms with Gasteiger partial charge in [0, 0.05) is 6.07 Å². The van der Waals surface area contributed by atoms with Crippen LogP contribution in [0.3, 0.4) is 0 Å². The van der Waals surface area contributed by atoms with E-state index < -0.39 is 40.1 Å². The largest absolute Gasteiger partial charge is 0.500 e. The number of aromatic nitrogens is 1. The molecule has 1 aromatic heterocycles. The molecule has 0 atom stereocenters.